The molecule has 3 heteroatoms. The van der Waals surface area contributed by atoms with Gasteiger partial charge in [-0.05, 0) is 23.6 Å². The molecule has 0 fully saturated rings. The Balaban J connectivity index is 3.02. The van der Waals surface area contributed by atoms with Gasteiger partial charge in [-0.15, -0.1) is 0 Å². The third-order valence-electron chi connectivity index (χ3n) is 1.70. The molecule has 0 saturated heterocycles. The van der Waals surface area contributed by atoms with Crippen LogP contribution < -0.4 is 5.32 Å². The lowest BCUT2D eigenvalue weighted by molar-refractivity contribution is 0.566. The molecule has 1 N–H and O–H groups in total. The van der Waals surface area contributed by atoms with Gasteiger partial charge >= 0.3 is 0 Å². The van der Waals surface area contributed by atoms with Crippen LogP contribution in [0.5, 0.6) is 0 Å². The molecule has 1 heterocycles. The molecule has 1 aromatic rings. The van der Waals surface area contributed by atoms with E-state index in [-0.39, 0.29) is 0 Å². The summed E-state index contributed by atoms with van der Waals surface area (Å²) >= 11 is 0. The van der Waals surface area contributed by atoms with Crippen molar-refractivity contribution in [3.8, 4) is 12.0 Å². The van der Waals surface area contributed by atoms with Gasteiger partial charge in [0.05, 0.1) is 0 Å². The minimum Gasteiger partial charge on any atom is -0.382 e. The van der Waals surface area contributed by atoms with E-state index in [1.54, 1.807) is 19.4 Å². The van der Waals surface area contributed by atoms with Crippen molar-refractivity contribution in [3.63, 3.8) is 0 Å². The average molecular weight is 201 g/mol. The van der Waals surface area contributed by atoms with Crippen LogP contribution in [0.3, 0.4) is 0 Å². The Labute approximate surface area is 90.8 Å². The van der Waals surface area contributed by atoms with Crippen molar-refractivity contribution in [2.75, 3.05) is 21.1 Å². The van der Waals surface area contributed by atoms with Gasteiger partial charge < -0.3 is 10.2 Å². The molecule has 15 heavy (non-hydrogen) atoms. The summed E-state index contributed by atoms with van der Waals surface area (Å²) in [5.74, 6) is 3.05. The van der Waals surface area contributed by atoms with E-state index in [1.165, 1.54) is 0 Å². The molecule has 0 spiro atoms. The van der Waals surface area contributed by atoms with E-state index in [2.05, 4.69) is 22.3 Å². The number of allylic oxidation sites excluding steroid dienone is 1. The van der Waals surface area contributed by atoms with Crippen LogP contribution in [0.1, 0.15) is 5.56 Å². The standard InChI is InChI=1S/C12H15N3/c1-13-7-4-12(10-15(2)3)11-5-8-14-9-6-11/h5-6,8-10,13H,1-3H3. The number of nitrogens with one attached hydrogen (secondary N) is 1. The highest BCUT2D eigenvalue weighted by Gasteiger charge is 1.97. The summed E-state index contributed by atoms with van der Waals surface area (Å²) in [5, 5.41) is 2.81. The summed E-state index contributed by atoms with van der Waals surface area (Å²) in [6.07, 6.45) is 5.51. The molecule has 0 saturated carbocycles. The summed E-state index contributed by atoms with van der Waals surface area (Å²) in [5.41, 5.74) is 2.04. The molecular weight excluding hydrogens is 186 g/mol. The Morgan fingerprint density at radius 2 is 2.07 bits per heavy atom. The molecule has 0 unspecified atom stereocenters. The Hall–Kier alpha value is -1.95. The van der Waals surface area contributed by atoms with Crippen molar-refractivity contribution in [1.82, 2.24) is 15.2 Å². The third-order valence-corrected chi connectivity index (χ3v) is 1.70. The van der Waals surface area contributed by atoms with Gasteiger partial charge in [-0.3, -0.25) is 4.98 Å². The number of hydrogen-bond acceptors (Lipinski definition) is 3. The van der Waals surface area contributed by atoms with Crippen LogP contribution in [0.15, 0.2) is 30.7 Å². The molecule has 0 aliphatic carbocycles. The van der Waals surface area contributed by atoms with Crippen LogP contribution in [0.25, 0.3) is 5.57 Å². The molecule has 0 amide bonds. The highest BCUT2D eigenvalue weighted by molar-refractivity contribution is 5.78. The van der Waals surface area contributed by atoms with Crippen molar-refractivity contribution in [2.24, 2.45) is 0 Å². The van der Waals surface area contributed by atoms with Crippen molar-refractivity contribution in [3.05, 3.63) is 36.3 Å². The number of aromatic nitrogens is 1. The van der Waals surface area contributed by atoms with E-state index in [0.717, 1.165) is 11.1 Å². The molecule has 3 nitrogen and oxygen atoms in total. The first-order chi connectivity index (χ1) is 7.24. The summed E-state index contributed by atoms with van der Waals surface area (Å²) < 4.78 is 0. The Morgan fingerprint density at radius 3 is 2.60 bits per heavy atom. The molecule has 1 aromatic heterocycles. The minimum absolute atomic E-state index is 0.969. The predicted octanol–water partition coefficient (Wildman–Crippen LogP) is 1.16. The van der Waals surface area contributed by atoms with Gasteiger partial charge in [0.15, 0.2) is 0 Å². The lowest BCUT2D eigenvalue weighted by Crippen LogP contribution is -2.02. The molecule has 1 rings (SSSR count). The largest absolute Gasteiger partial charge is 0.382 e. The summed E-state index contributed by atoms with van der Waals surface area (Å²) in [7, 11) is 5.75. The van der Waals surface area contributed by atoms with Crippen molar-refractivity contribution < 1.29 is 0 Å². The van der Waals surface area contributed by atoms with E-state index in [9.17, 15) is 0 Å². The fraction of sp³-hybridized carbons (Fsp3) is 0.250. The predicted molar refractivity (Wildman–Crippen MR) is 62.7 cm³/mol. The second-order valence-electron chi connectivity index (χ2n) is 3.24. The highest BCUT2D eigenvalue weighted by Crippen LogP contribution is 2.11. The summed E-state index contributed by atoms with van der Waals surface area (Å²) in [6, 6.07) is 6.73. The average Bonchev–Trinajstić information content (AvgIpc) is 2.25. The molecule has 0 atom stereocenters. The first-order valence-electron chi connectivity index (χ1n) is 4.70. The number of nitrogens with zero attached hydrogens (tertiary/aromatic N) is 2. The summed E-state index contributed by atoms with van der Waals surface area (Å²) in [4.78, 5) is 5.95. The smallest absolute Gasteiger partial charge is 0.0495 e. The second-order valence-corrected chi connectivity index (χ2v) is 3.24. The number of hydrogen-bond donors (Lipinski definition) is 1. The first kappa shape index (κ1) is 11.1. The molecule has 78 valence electrons. The van der Waals surface area contributed by atoms with Gasteiger partial charge in [-0.2, -0.15) is 0 Å². The van der Waals surface area contributed by atoms with E-state index in [4.69, 9.17) is 0 Å². The third kappa shape index (κ3) is 3.74. The zero-order chi connectivity index (χ0) is 11.1. The van der Waals surface area contributed by atoms with E-state index >= 15 is 0 Å². The second kappa shape index (κ2) is 5.71. The van der Waals surface area contributed by atoms with Crippen molar-refractivity contribution in [1.29, 1.82) is 0 Å². The molecule has 0 aromatic carbocycles. The maximum absolute atomic E-state index is 3.98. The van der Waals surface area contributed by atoms with Gasteiger partial charge in [-0.25, -0.2) is 0 Å². The minimum atomic E-state index is 0.969. The Bertz CT molecular complexity index is 382. The van der Waals surface area contributed by atoms with E-state index in [0.29, 0.717) is 0 Å². The van der Waals surface area contributed by atoms with Crippen LogP contribution in [-0.2, 0) is 0 Å². The van der Waals surface area contributed by atoms with E-state index in [1.807, 2.05) is 37.3 Å². The van der Waals surface area contributed by atoms with Gasteiger partial charge in [0.1, 0.15) is 0 Å². The lowest BCUT2D eigenvalue weighted by Gasteiger charge is -2.07. The highest BCUT2D eigenvalue weighted by atomic mass is 15.0. The molecule has 0 aliphatic heterocycles. The molecule has 0 bridgehead atoms. The maximum atomic E-state index is 3.98. The Morgan fingerprint density at radius 1 is 1.40 bits per heavy atom. The van der Waals surface area contributed by atoms with Gasteiger partial charge in [-0.1, -0.05) is 0 Å². The van der Waals surface area contributed by atoms with Crippen molar-refractivity contribution >= 4 is 5.57 Å². The quantitative estimate of drug-likeness (QED) is 0.575. The zero-order valence-corrected chi connectivity index (χ0v) is 9.28. The SMILES string of the molecule is CNC#CC(=CN(C)C)c1ccncc1. The van der Waals surface area contributed by atoms with Crippen LogP contribution in [-0.4, -0.2) is 31.0 Å². The first-order valence-corrected chi connectivity index (χ1v) is 4.70. The van der Waals surface area contributed by atoms with Crippen molar-refractivity contribution in [2.45, 2.75) is 0 Å². The zero-order valence-electron chi connectivity index (χ0n) is 9.28. The van der Waals surface area contributed by atoms with E-state index < -0.39 is 0 Å². The monoisotopic (exact) mass is 201 g/mol. The maximum Gasteiger partial charge on any atom is 0.0495 e. The fourth-order valence-electron chi connectivity index (χ4n) is 1.10. The van der Waals surface area contributed by atoms with Gasteiger partial charge in [0.2, 0.25) is 0 Å². The Kier molecular flexibility index (Phi) is 4.24. The topological polar surface area (TPSA) is 28.2 Å². The normalized spacial score (nSPS) is 10.2. The fourth-order valence-corrected chi connectivity index (χ4v) is 1.10. The molecule has 0 radical (unpaired) electrons. The lowest BCUT2D eigenvalue weighted by atomic mass is 10.1. The molecular formula is C12H15N3. The molecule has 0 aliphatic rings. The van der Waals surface area contributed by atoms with Crippen LogP contribution in [0.2, 0.25) is 0 Å². The number of rotatable bonds is 2. The van der Waals surface area contributed by atoms with Gasteiger partial charge in [0, 0.05) is 51.4 Å². The summed E-state index contributed by atoms with van der Waals surface area (Å²) in [6.45, 7) is 0. The van der Waals surface area contributed by atoms with Gasteiger partial charge in [0.25, 0.3) is 0 Å². The number of pyridine rings is 1. The van der Waals surface area contributed by atoms with Crippen LogP contribution in [0, 0.1) is 12.0 Å². The van der Waals surface area contributed by atoms with Crippen LogP contribution >= 0.6 is 0 Å². The van der Waals surface area contributed by atoms with Crippen LogP contribution in [0.4, 0.5) is 0 Å².